The molecular formula is C13H22N4O2. The van der Waals surface area contributed by atoms with Crippen molar-refractivity contribution in [2.24, 2.45) is 5.92 Å². The average Bonchev–Trinajstić information content (AvgIpc) is 2.87. The molecule has 1 unspecified atom stereocenters. The topological polar surface area (TPSA) is 76.0 Å². The summed E-state index contributed by atoms with van der Waals surface area (Å²) in [7, 11) is 1.57. The van der Waals surface area contributed by atoms with Crippen molar-refractivity contribution in [3.8, 4) is 0 Å². The molecular weight excluding hydrogens is 244 g/mol. The van der Waals surface area contributed by atoms with E-state index in [2.05, 4.69) is 15.7 Å². The molecule has 0 aliphatic carbocycles. The van der Waals surface area contributed by atoms with Crippen LogP contribution in [0.15, 0.2) is 18.5 Å². The molecule has 106 valence electrons. The van der Waals surface area contributed by atoms with Gasteiger partial charge in [-0.15, -0.1) is 0 Å². The zero-order valence-corrected chi connectivity index (χ0v) is 11.7. The van der Waals surface area contributed by atoms with Crippen LogP contribution in [-0.4, -0.2) is 34.7 Å². The summed E-state index contributed by atoms with van der Waals surface area (Å²) in [5, 5.41) is 9.37. The van der Waals surface area contributed by atoms with Crippen LogP contribution < -0.4 is 10.6 Å². The molecule has 2 N–H and O–H groups in total. The Morgan fingerprint density at radius 3 is 2.63 bits per heavy atom. The number of carbonyl (C=O) groups is 2. The first-order chi connectivity index (χ1) is 9.02. The van der Waals surface area contributed by atoms with Gasteiger partial charge in [0.25, 0.3) is 0 Å². The molecule has 6 nitrogen and oxygen atoms in total. The zero-order valence-electron chi connectivity index (χ0n) is 11.7. The van der Waals surface area contributed by atoms with E-state index >= 15 is 0 Å². The van der Waals surface area contributed by atoms with E-state index in [1.54, 1.807) is 24.1 Å². The number of carbonyl (C=O) groups excluding carboxylic acids is 2. The standard InChI is InChI=1S/C13H22N4O2/c1-10(2)9-11(13(19)14-3)16-12(18)5-8-17-7-4-6-15-17/h4,6-7,10-11H,5,8-9H2,1-3H3,(H,14,19)(H,16,18). The van der Waals surface area contributed by atoms with Gasteiger partial charge < -0.3 is 10.6 Å². The van der Waals surface area contributed by atoms with Gasteiger partial charge in [-0.1, -0.05) is 13.8 Å². The smallest absolute Gasteiger partial charge is 0.242 e. The van der Waals surface area contributed by atoms with Gasteiger partial charge in [0.2, 0.25) is 11.8 Å². The van der Waals surface area contributed by atoms with E-state index in [1.165, 1.54) is 0 Å². The number of amides is 2. The molecule has 0 saturated carbocycles. The van der Waals surface area contributed by atoms with Crippen molar-refractivity contribution in [3.05, 3.63) is 18.5 Å². The molecule has 1 aromatic heterocycles. The summed E-state index contributed by atoms with van der Waals surface area (Å²) in [4.78, 5) is 23.5. The summed E-state index contributed by atoms with van der Waals surface area (Å²) in [6.45, 7) is 4.55. The van der Waals surface area contributed by atoms with E-state index in [-0.39, 0.29) is 11.8 Å². The van der Waals surface area contributed by atoms with Crippen molar-refractivity contribution >= 4 is 11.8 Å². The number of likely N-dealkylation sites (N-methyl/N-ethyl adjacent to an activating group) is 1. The highest BCUT2D eigenvalue weighted by Gasteiger charge is 2.20. The Morgan fingerprint density at radius 2 is 2.11 bits per heavy atom. The number of aryl methyl sites for hydroxylation is 1. The van der Waals surface area contributed by atoms with Gasteiger partial charge in [-0.3, -0.25) is 14.3 Å². The summed E-state index contributed by atoms with van der Waals surface area (Å²) in [5.41, 5.74) is 0. The third-order valence-electron chi connectivity index (χ3n) is 2.73. The Balaban J connectivity index is 2.44. The van der Waals surface area contributed by atoms with E-state index < -0.39 is 6.04 Å². The molecule has 0 fully saturated rings. The zero-order chi connectivity index (χ0) is 14.3. The van der Waals surface area contributed by atoms with Crippen LogP contribution in [0.1, 0.15) is 26.7 Å². The van der Waals surface area contributed by atoms with Crippen LogP contribution in [0.3, 0.4) is 0 Å². The lowest BCUT2D eigenvalue weighted by atomic mass is 10.0. The van der Waals surface area contributed by atoms with Crippen LogP contribution in [0.2, 0.25) is 0 Å². The maximum Gasteiger partial charge on any atom is 0.242 e. The number of aromatic nitrogens is 2. The fraction of sp³-hybridized carbons (Fsp3) is 0.615. The van der Waals surface area contributed by atoms with E-state index in [1.807, 2.05) is 19.9 Å². The number of nitrogens with one attached hydrogen (secondary N) is 2. The number of hydrogen-bond acceptors (Lipinski definition) is 3. The monoisotopic (exact) mass is 266 g/mol. The third kappa shape index (κ3) is 5.54. The molecule has 0 aliphatic heterocycles. The number of hydrogen-bond donors (Lipinski definition) is 2. The number of rotatable bonds is 7. The second-order valence-corrected chi connectivity index (χ2v) is 4.88. The van der Waals surface area contributed by atoms with Gasteiger partial charge in [0, 0.05) is 32.4 Å². The normalized spacial score (nSPS) is 12.2. The minimum Gasteiger partial charge on any atom is -0.357 e. The maximum absolute atomic E-state index is 11.8. The molecule has 1 atom stereocenters. The van der Waals surface area contributed by atoms with Crippen molar-refractivity contribution in [3.63, 3.8) is 0 Å². The van der Waals surface area contributed by atoms with E-state index in [0.717, 1.165) is 0 Å². The van der Waals surface area contributed by atoms with Crippen molar-refractivity contribution in [2.75, 3.05) is 7.05 Å². The number of nitrogens with zero attached hydrogens (tertiary/aromatic N) is 2. The molecule has 1 aromatic rings. The van der Waals surface area contributed by atoms with Crippen LogP contribution in [-0.2, 0) is 16.1 Å². The highest BCUT2D eigenvalue weighted by atomic mass is 16.2. The van der Waals surface area contributed by atoms with E-state index in [4.69, 9.17) is 0 Å². The molecule has 0 bridgehead atoms. The van der Waals surface area contributed by atoms with Crippen LogP contribution in [0, 0.1) is 5.92 Å². The first-order valence-electron chi connectivity index (χ1n) is 6.51. The van der Waals surface area contributed by atoms with Crippen molar-refractivity contribution in [1.29, 1.82) is 0 Å². The van der Waals surface area contributed by atoms with Crippen LogP contribution in [0.25, 0.3) is 0 Å². The van der Waals surface area contributed by atoms with Gasteiger partial charge >= 0.3 is 0 Å². The molecule has 0 saturated heterocycles. The molecule has 0 spiro atoms. The quantitative estimate of drug-likeness (QED) is 0.756. The summed E-state index contributed by atoms with van der Waals surface area (Å²) in [5.74, 6) is 0.0552. The predicted molar refractivity (Wildman–Crippen MR) is 72.3 cm³/mol. The fourth-order valence-electron chi connectivity index (χ4n) is 1.79. The van der Waals surface area contributed by atoms with Gasteiger partial charge in [0.1, 0.15) is 6.04 Å². The van der Waals surface area contributed by atoms with Crippen LogP contribution in [0.5, 0.6) is 0 Å². The lowest BCUT2D eigenvalue weighted by molar-refractivity contribution is -0.129. The Bertz CT molecular complexity index is 401. The molecule has 2 amide bonds. The van der Waals surface area contributed by atoms with Crippen LogP contribution in [0.4, 0.5) is 0 Å². The van der Waals surface area contributed by atoms with Gasteiger partial charge in [-0.2, -0.15) is 5.10 Å². The Kier molecular flexibility index (Phi) is 6.05. The largest absolute Gasteiger partial charge is 0.357 e. The molecule has 0 radical (unpaired) electrons. The summed E-state index contributed by atoms with van der Waals surface area (Å²) in [6.07, 6.45) is 4.42. The van der Waals surface area contributed by atoms with E-state index in [9.17, 15) is 9.59 Å². The maximum atomic E-state index is 11.8. The molecule has 0 aromatic carbocycles. The highest BCUT2D eigenvalue weighted by Crippen LogP contribution is 2.05. The minimum absolute atomic E-state index is 0.134. The first-order valence-corrected chi connectivity index (χ1v) is 6.51. The highest BCUT2D eigenvalue weighted by molar-refractivity contribution is 5.87. The Hall–Kier alpha value is -1.85. The molecule has 6 heteroatoms. The van der Waals surface area contributed by atoms with Crippen molar-refractivity contribution in [1.82, 2.24) is 20.4 Å². The summed E-state index contributed by atoms with van der Waals surface area (Å²) >= 11 is 0. The molecule has 0 aliphatic rings. The van der Waals surface area contributed by atoms with Crippen LogP contribution >= 0.6 is 0 Å². The van der Waals surface area contributed by atoms with Gasteiger partial charge in [0.05, 0.1) is 0 Å². The summed E-state index contributed by atoms with van der Waals surface area (Å²) < 4.78 is 1.69. The lowest BCUT2D eigenvalue weighted by Gasteiger charge is -2.19. The lowest BCUT2D eigenvalue weighted by Crippen LogP contribution is -2.46. The molecule has 19 heavy (non-hydrogen) atoms. The predicted octanol–water partition coefficient (Wildman–Crippen LogP) is 0.550. The SMILES string of the molecule is CNC(=O)C(CC(C)C)NC(=O)CCn1cccn1. The second-order valence-electron chi connectivity index (χ2n) is 4.88. The van der Waals surface area contributed by atoms with E-state index in [0.29, 0.717) is 25.3 Å². The Labute approximate surface area is 113 Å². The van der Waals surface area contributed by atoms with Crippen molar-refractivity contribution < 1.29 is 9.59 Å². The minimum atomic E-state index is -0.463. The fourth-order valence-corrected chi connectivity index (χ4v) is 1.79. The third-order valence-corrected chi connectivity index (χ3v) is 2.73. The van der Waals surface area contributed by atoms with Gasteiger partial charge in [-0.25, -0.2) is 0 Å². The molecule has 1 rings (SSSR count). The molecule has 1 heterocycles. The summed E-state index contributed by atoms with van der Waals surface area (Å²) in [6, 6.07) is 1.35. The second kappa shape index (κ2) is 7.56. The van der Waals surface area contributed by atoms with Crippen molar-refractivity contribution in [2.45, 2.75) is 39.3 Å². The average molecular weight is 266 g/mol. The first kappa shape index (κ1) is 15.2. The van der Waals surface area contributed by atoms with Gasteiger partial charge in [-0.05, 0) is 18.4 Å². The van der Waals surface area contributed by atoms with Gasteiger partial charge in [0.15, 0.2) is 0 Å². The Morgan fingerprint density at radius 1 is 1.37 bits per heavy atom.